The van der Waals surface area contributed by atoms with E-state index in [1.807, 2.05) is 24.3 Å². The van der Waals surface area contributed by atoms with E-state index in [-0.39, 0.29) is 5.97 Å². The average molecular weight is 321 g/mol. The van der Waals surface area contributed by atoms with E-state index in [1.54, 1.807) is 19.1 Å². The summed E-state index contributed by atoms with van der Waals surface area (Å²) in [5.41, 5.74) is 1.37. The fourth-order valence-corrected chi connectivity index (χ4v) is 1.92. The molecule has 0 aliphatic rings. The predicted molar refractivity (Wildman–Crippen MR) is 77.6 cm³/mol. The van der Waals surface area contributed by atoms with Gasteiger partial charge in [0.25, 0.3) is 0 Å². The molecule has 1 aromatic heterocycles. The van der Waals surface area contributed by atoms with Crippen LogP contribution in [0.1, 0.15) is 17.3 Å². The van der Waals surface area contributed by atoms with Gasteiger partial charge in [-0.1, -0.05) is 22.0 Å². The number of nitrogens with zero attached hydrogens (tertiary/aromatic N) is 1. The van der Waals surface area contributed by atoms with Crippen LogP contribution in [0.15, 0.2) is 47.1 Å². The zero-order valence-corrected chi connectivity index (χ0v) is 12.0. The molecule has 0 aliphatic carbocycles. The van der Waals surface area contributed by atoms with Crippen LogP contribution in [0.4, 0.5) is 11.5 Å². The van der Waals surface area contributed by atoms with Gasteiger partial charge < -0.3 is 10.1 Å². The van der Waals surface area contributed by atoms with E-state index < -0.39 is 0 Å². The number of hydrogen-bond acceptors (Lipinski definition) is 4. The van der Waals surface area contributed by atoms with Crippen molar-refractivity contribution >= 4 is 33.4 Å². The highest BCUT2D eigenvalue weighted by atomic mass is 79.9. The highest BCUT2D eigenvalue weighted by Crippen LogP contribution is 2.19. The molecule has 0 unspecified atom stereocenters. The third kappa shape index (κ3) is 3.79. The van der Waals surface area contributed by atoms with Crippen molar-refractivity contribution in [2.45, 2.75) is 6.92 Å². The Labute approximate surface area is 119 Å². The Kier molecular flexibility index (Phi) is 4.52. The largest absolute Gasteiger partial charge is 0.462 e. The Morgan fingerprint density at radius 2 is 2.21 bits per heavy atom. The fraction of sp³-hybridized carbons (Fsp3) is 0.143. The Bertz CT molecular complexity index is 570. The van der Waals surface area contributed by atoms with E-state index in [0.717, 1.165) is 10.2 Å². The van der Waals surface area contributed by atoms with Gasteiger partial charge >= 0.3 is 5.97 Å². The Balaban J connectivity index is 2.08. The Morgan fingerprint density at radius 3 is 2.84 bits per heavy atom. The van der Waals surface area contributed by atoms with Crippen LogP contribution >= 0.6 is 15.9 Å². The van der Waals surface area contributed by atoms with Gasteiger partial charge in [0, 0.05) is 16.4 Å². The lowest BCUT2D eigenvalue weighted by Crippen LogP contribution is -2.05. The normalized spacial score (nSPS) is 10.0. The topological polar surface area (TPSA) is 51.2 Å². The van der Waals surface area contributed by atoms with Crippen LogP contribution in [0.2, 0.25) is 0 Å². The summed E-state index contributed by atoms with van der Waals surface area (Å²) in [5.74, 6) is 0.315. The number of esters is 1. The molecule has 0 bridgehead atoms. The van der Waals surface area contributed by atoms with Gasteiger partial charge in [0.1, 0.15) is 5.82 Å². The van der Waals surface area contributed by atoms with Crippen LogP contribution in [-0.4, -0.2) is 17.6 Å². The lowest BCUT2D eigenvalue weighted by Gasteiger charge is -2.06. The fourth-order valence-electron chi connectivity index (χ4n) is 1.52. The highest BCUT2D eigenvalue weighted by molar-refractivity contribution is 9.10. The number of aromatic nitrogens is 1. The molecule has 1 N–H and O–H groups in total. The van der Waals surface area contributed by atoms with Crippen molar-refractivity contribution in [2.75, 3.05) is 11.9 Å². The number of benzene rings is 1. The van der Waals surface area contributed by atoms with Gasteiger partial charge in [-0.15, -0.1) is 0 Å². The third-order valence-corrected chi connectivity index (χ3v) is 2.86. The first-order chi connectivity index (χ1) is 9.19. The number of ether oxygens (including phenoxy) is 1. The molecule has 2 rings (SSSR count). The van der Waals surface area contributed by atoms with E-state index in [4.69, 9.17) is 4.74 Å². The third-order valence-electron chi connectivity index (χ3n) is 2.37. The number of pyridine rings is 1. The molecule has 0 atom stereocenters. The molecule has 0 saturated heterocycles. The molecule has 5 heteroatoms. The summed E-state index contributed by atoms with van der Waals surface area (Å²) in [6, 6.07) is 11.2. The standard InChI is InChI=1S/C14H13BrN2O2/c1-2-19-14(18)10-6-7-13(16-9-10)17-12-5-3-4-11(15)8-12/h3-9H,2H2,1H3,(H,16,17). The van der Waals surface area contributed by atoms with Crippen molar-refractivity contribution in [3.8, 4) is 0 Å². The van der Waals surface area contributed by atoms with Crippen LogP contribution in [0, 0.1) is 0 Å². The molecular weight excluding hydrogens is 308 g/mol. The van der Waals surface area contributed by atoms with Gasteiger partial charge in [-0.3, -0.25) is 0 Å². The average Bonchev–Trinajstić information content (AvgIpc) is 2.40. The van der Waals surface area contributed by atoms with E-state index in [9.17, 15) is 4.79 Å². The minimum Gasteiger partial charge on any atom is -0.462 e. The molecule has 4 nitrogen and oxygen atoms in total. The number of carbonyl (C=O) groups excluding carboxylic acids is 1. The number of halogens is 1. The smallest absolute Gasteiger partial charge is 0.339 e. The van der Waals surface area contributed by atoms with Crippen molar-refractivity contribution in [3.63, 3.8) is 0 Å². The molecule has 0 saturated carbocycles. The summed E-state index contributed by atoms with van der Waals surface area (Å²) >= 11 is 3.40. The Hall–Kier alpha value is -1.88. The maximum atomic E-state index is 11.5. The Morgan fingerprint density at radius 1 is 1.37 bits per heavy atom. The van der Waals surface area contributed by atoms with E-state index >= 15 is 0 Å². The molecule has 0 amide bonds. The zero-order valence-electron chi connectivity index (χ0n) is 10.4. The number of anilines is 2. The van der Waals surface area contributed by atoms with Gasteiger partial charge in [-0.05, 0) is 37.3 Å². The van der Waals surface area contributed by atoms with Gasteiger partial charge in [-0.2, -0.15) is 0 Å². The summed E-state index contributed by atoms with van der Waals surface area (Å²) in [6.45, 7) is 2.13. The van der Waals surface area contributed by atoms with Gasteiger partial charge in [0.2, 0.25) is 0 Å². The van der Waals surface area contributed by atoms with Crippen molar-refractivity contribution in [1.29, 1.82) is 0 Å². The van der Waals surface area contributed by atoms with Gasteiger partial charge in [-0.25, -0.2) is 9.78 Å². The molecule has 1 aromatic carbocycles. The maximum absolute atomic E-state index is 11.5. The van der Waals surface area contributed by atoms with Crippen LogP contribution in [0.5, 0.6) is 0 Å². The summed E-state index contributed by atoms with van der Waals surface area (Å²) < 4.78 is 5.88. The second-order valence-electron chi connectivity index (χ2n) is 3.79. The van der Waals surface area contributed by atoms with Gasteiger partial charge in [0.05, 0.1) is 12.2 Å². The van der Waals surface area contributed by atoms with Crippen molar-refractivity contribution < 1.29 is 9.53 Å². The van der Waals surface area contributed by atoms with E-state index in [2.05, 4.69) is 26.2 Å². The highest BCUT2D eigenvalue weighted by Gasteiger charge is 2.06. The molecule has 0 fully saturated rings. The van der Waals surface area contributed by atoms with Crippen molar-refractivity contribution in [1.82, 2.24) is 4.98 Å². The van der Waals surface area contributed by atoms with E-state index in [1.165, 1.54) is 6.20 Å². The van der Waals surface area contributed by atoms with Gasteiger partial charge in [0.15, 0.2) is 0 Å². The first-order valence-corrected chi connectivity index (χ1v) is 6.64. The monoisotopic (exact) mass is 320 g/mol. The summed E-state index contributed by atoms with van der Waals surface area (Å²) in [5, 5.41) is 3.15. The van der Waals surface area contributed by atoms with Crippen LogP contribution in [0.3, 0.4) is 0 Å². The lowest BCUT2D eigenvalue weighted by molar-refractivity contribution is 0.0526. The molecule has 1 heterocycles. The van der Waals surface area contributed by atoms with Crippen molar-refractivity contribution in [2.24, 2.45) is 0 Å². The predicted octanol–water partition coefficient (Wildman–Crippen LogP) is 3.76. The number of carbonyl (C=O) groups is 1. The minimum absolute atomic E-state index is 0.357. The van der Waals surface area contributed by atoms with Crippen LogP contribution in [-0.2, 0) is 4.74 Å². The number of nitrogens with one attached hydrogen (secondary N) is 1. The molecule has 19 heavy (non-hydrogen) atoms. The summed E-state index contributed by atoms with van der Waals surface area (Å²) in [7, 11) is 0. The molecule has 98 valence electrons. The first-order valence-electron chi connectivity index (χ1n) is 5.85. The SMILES string of the molecule is CCOC(=O)c1ccc(Nc2cccc(Br)c2)nc1. The van der Waals surface area contributed by atoms with Crippen LogP contribution in [0.25, 0.3) is 0 Å². The van der Waals surface area contributed by atoms with Crippen LogP contribution < -0.4 is 5.32 Å². The second kappa shape index (κ2) is 6.33. The second-order valence-corrected chi connectivity index (χ2v) is 4.70. The lowest BCUT2D eigenvalue weighted by atomic mass is 10.3. The first kappa shape index (κ1) is 13.5. The molecular formula is C14H13BrN2O2. The van der Waals surface area contributed by atoms with E-state index in [0.29, 0.717) is 18.0 Å². The quantitative estimate of drug-likeness (QED) is 0.871. The molecule has 0 spiro atoms. The summed E-state index contributed by atoms with van der Waals surface area (Å²) in [4.78, 5) is 15.6. The molecule has 0 radical (unpaired) electrons. The molecule has 0 aliphatic heterocycles. The summed E-state index contributed by atoms with van der Waals surface area (Å²) in [6.07, 6.45) is 1.50. The molecule has 2 aromatic rings. The zero-order chi connectivity index (χ0) is 13.7. The number of rotatable bonds is 4. The maximum Gasteiger partial charge on any atom is 0.339 e. The van der Waals surface area contributed by atoms with Crippen molar-refractivity contribution in [3.05, 3.63) is 52.6 Å². The number of hydrogen-bond donors (Lipinski definition) is 1. The minimum atomic E-state index is -0.357.